The summed E-state index contributed by atoms with van der Waals surface area (Å²) in [5.41, 5.74) is 1.90. The van der Waals surface area contributed by atoms with Gasteiger partial charge in [0.05, 0.1) is 6.54 Å². The predicted octanol–water partition coefficient (Wildman–Crippen LogP) is 1.36. The Kier molecular flexibility index (Phi) is 4.92. The minimum atomic E-state index is -0.232. The maximum atomic E-state index is 12.8. The average Bonchev–Trinajstić information content (AvgIpc) is 2.22. The van der Waals surface area contributed by atoms with Crippen molar-refractivity contribution in [3.05, 3.63) is 35.1 Å². The van der Waals surface area contributed by atoms with Crippen LogP contribution in [0.25, 0.3) is 0 Å². The van der Waals surface area contributed by atoms with Gasteiger partial charge in [-0.2, -0.15) is 0 Å². The van der Waals surface area contributed by atoms with Crippen LogP contribution in [0, 0.1) is 12.7 Å². The van der Waals surface area contributed by atoms with E-state index < -0.39 is 0 Å². The maximum Gasteiger partial charge on any atom is 0.233 e. The van der Waals surface area contributed by atoms with E-state index >= 15 is 0 Å². The van der Waals surface area contributed by atoms with E-state index in [-0.39, 0.29) is 18.3 Å². The molecule has 0 aromatic heterocycles. The molecule has 0 spiro atoms. The molecule has 0 radical (unpaired) electrons. The van der Waals surface area contributed by atoms with E-state index in [9.17, 15) is 9.18 Å². The molecule has 1 amide bonds. The van der Waals surface area contributed by atoms with Gasteiger partial charge in [0, 0.05) is 13.1 Å². The Labute approximate surface area is 95.0 Å². The Balaban J connectivity index is 2.40. The predicted molar refractivity (Wildman–Crippen MR) is 61.5 cm³/mol. The van der Waals surface area contributed by atoms with Crippen molar-refractivity contribution in [1.82, 2.24) is 10.6 Å². The van der Waals surface area contributed by atoms with Gasteiger partial charge in [-0.25, -0.2) is 4.39 Å². The first-order valence-corrected chi connectivity index (χ1v) is 5.36. The summed E-state index contributed by atoms with van der Waals surface area (Å²) in [4.78, 5) is 11.1. The number of rotatable bonds is 5. The van der Waals surface area contributed by atoms with E-state index in [0.29, 0.717) is 13.1 Å². The maximum absolute atomic E-state index is 12.8. The molecule has 1 rings (SSSR count). The largest absolute Gasteiger partial charge is 0.355 e. The smallest absolute Gasteiger partial charge is 0.233 e. The van der Waals surface area contributed by atoms with Crippen molar-refractivity contribution in [1.29, 1.82) is 0 Å². The van der Waals surface area contributed by atoms with E-state index in [1.54, 1.807) is 6.07 Å². The molecule has 1 aromatic carbocycles. The van der Waals surface area contributed by atoms with Crippen LogP contribution in [0.5, 0.6) is 0 Å². The van der Waals surface area contributed by atoms with Gasteiger partial charge in [-0.05, 0) is 37.1 Å². The molecule has 1 aromatic rings. The summed E-state index contributed by atoms with van der Waals surface area (Å²) in [7, 11) is 0. The second kappa shape index (κ2) is 6.23. The molecule has 4 heteroatoms. The van der Waals surface area contributed by atoms with Crippen molar-refractivity contribution in [2.24, 2.45) is 0 Å². The molecule has 0 saturated carbocycles. The minimum absolute atomic E-state index is 0.0257. The van der Waals surface area contributed by atoms with Crippen molar-refractivity contribution in [3.63, 3.8) is 0 Å². The van der Waals surface area contributed by atoms with Crippen molar-refractivity contribution >= 4 is 5.91 Å². The number of benzene rings is 1. The Morgan fingerprint density at radius 3 is 2.81 bits per heavy atom. The zero-order valence-corrected chi connectivity index (χ0v) is 9.64. The standard InChI is InChI=1S/C12H17FN2O/c1-3-15-12(16)8-14-7-10-4-5-11(13)6-9(10)2/h4-6,14H,3,7-8H2,1-2H3,(H,15,16). The van der Waals surface area contributed by atoms with Crippen LogP contribution < -0.4 is 10.6 Å². The topological polar surface area (TPSA) is 41.1 Å². The summed E-state index contributed by atoms with van der Waals surface area (Å²) in [5, 5.41) is 5.71. The van der Waals surface area contributed by atoms with Crippen LogP contribution in [0.15, 0.2) is 18.2 Å². The molecule has 3 nitrogen and oxygen atoms in total. The number of halogens is 1. The fourth-order valence-electron chi connectivity index (χ4n) is 1.43. The van der Waals surface area contributed by atoms with Gasteiger partial charge in [0.25, 0.3) is 0 Å². The van der Waals surface area contributed by atoms with Gasteiger partial charge in [-0.3, -0.25) is 4.79 Å². The number of aryl methyl sites for hydroxylation is 1. The highest BCUT2D eigenvalue weighted by atomic mass is 19.1. The zero-order valence-electron chi connectivity index (χ0n) is 9.64. The molecule has 0 aliphatic rings. The molecule has 0 unspecified atom stereocenters. The van der Waals surface area contributed by atoms with Crippen LogP contribution in [0.4, 0.5) is 4.39 Å². The van der Waals surface area contributed by atoms with Gasteiger partial charge in [-0.1, -0.05) is 6.07 Å². The van der Waals surface area contributed by atoms with Crippen molar-refractivity contribution < 1.29 is 9.18 Å². The van der Waals surface area contributed by atoms with E-state index in [0.717, 1.165) is 11.1 Å². The minimum Gasteiger partial charge on any atom is -0.355 e. The summed E-state index contributed by atoms with van der Waals surface area (Å²) in [6.07, 6.45) is 0. The first-order chi connectivity index (χ1) is 7.63. The van der Waals surface area contributed by atoms with Gasteiger partial charge >= 0.3 is 0 Å². The summed E-state index contributed by atoms with van der Waals surface area (Å²) in [6, 6.07) is 4.65. The van der Waals surface area contributed by atoms with Gasteiger partial charge in [0.2, 0.25) is 5.91 Å². The van der Waals surface area contributed by atoms with Gasteiger partial charge < -0.3 is 10.6 Å². The second-order valence-corrected chi connectivity index (χ2v) is 3.63. The number of likely N-dealkylation sites (N-methyl/N-ethyl adjacent to an activating group) is 1. The van der Waals surface area contributed by atoms with Crippen molar-refractivity contribution in [3.8, 4) is 0 Å². The second-order valence-electron chi connectivity index (χ2n) is 3.63. The van der Waals surface area contributed by atoms with Crippen molar-refractivity contribution in [2.75, 3.05) is 13.1 Å². The molecule has 0 fully saturated rings. The third-order valence-corrected chi connectivity index (χ3v) is 2.28. The van der Waals surface area contributed by atoms with Gasteiger partial charge in [-0.15, -0.1) is 0 Å². The fourth-order valence-corrected chi connectivity index (χ4v) is 1.43. The SMILES string of the molecule is CCNC(=O)CNCc1ccc(F)cc1C. The van der Waals surface area contributed by atoms with E-state index in [4.69, 9.17) is 0 Å². The number of hydrogen-bond donors (Lipinski definition) is 2. The first kappa shape index (κ1) is 12.6. The molecule has 2 N–H and O–H groups in total. The van der Waals surface area contributed by atoms with E-state index in [2.05, 4.69) is 10.6 Å². The average molecular weight is 224 g/mol. The van der Waals surface area contributed by atoms with E-state index in [1.165, 1.54) is 12.1 Å². The monoisotopic (exact) mass is 224 g/mol. The lowest BCUT2D eigenvalue weighted by atomic mass is 10.1. The fraction of sp³-hybridized carbons (Fsp3) is 0.417. The van der Waals surface area contributed by atoms with Crippen molar-refractivity contribution in [2.45, 2.75) is 20.4 Å². The molecule has 0 aliphatic heterocycles. The summed E-state index contributed by atoms with van der Waals surface area (Å²) in [6.45, 7) is 5.22. The highest BCUT2D eigenvalue weighted by molar-refractivity contribution is 5.77. The lowest BCUT2D eigenvalue weighted by Gasteiger charge is -2.07. The molecule has 16 heavy (non-hydrogen) atoms. The molecular formula is C12H17FN2O. The highest BCUT2D eigenvalue weighted by Crippen LogP contribution is 2.09. The quantitative estimate of drug-likeness (QED) is 0.793. The number of nitrogens with one attached hydrogen (secondary N) is 2. The molecule has 0 bridgehead atoms. The lowest BCUT2D eigenvalue weighted by molar-refractivity contribution is -0.120. The van der Waals surface area contributed by atoms with Crippen LogP contribution in [-0.4, -0.2) is 19.0 Å². The number of carbonyl (C=O) groups is 1. The summed E-state index contributed by atoms with van der Waals surface area (Å²) < 4.78 is 12.8. The third-order valence-electron chi connectivity index (χ3n) is 2.28. The zero-order chi connectivity index (χ0) is 12.0. The lowest BCUT2D eigenvalue weighted by Crippen LogP contribution is -2.33. The molecular weight excluding hydrogens is 207 g/mol. The summed E-state index contributed by atoms with van der Waals surface area (Å²) in [5.74, 6) is -0.257. The Morgan fingerprint density at radius 1 is 1.44 bits per heavy atom. The van der Waals surface area contributed by atoms with Crippen LogP contribution >= 0.6 is 0 Å². The Bertz CT molecular complexity index is 366. The van der Waals surface area contributed by atoms with Crippen LogP contribution in [-0.2, 0) is 11.3 Å². The van der Waals surface area contributed by atoms with Crippen LogP contribution in [0.3, 0.4) is 0 Å². The normalized spacial score (nSPS) is 10.2. The molecule has 0 saturated heterocycles. The number of hydrogen-bond acceptors (Lipinski definition) is 2. The molecule has 0 aliphatic carbocycles. The number of amides is 1. The number of carbonyl (C=O) groups excluding carboxylic acids is 1. The Hall–Kier alpha value is -1.42. The first-order valence-electron chi connectivity index (χ1n) is 5.36. The van der Waals surface area contributed by atoms with E-state index in [1.807, 2.05) is 13.8 Å². The third kappa shape index (κ3) is 3.98. The Morgan fingerprint density at radius 2 is 2.19 bits per heavy atom. The van der Waals surface area contributed by atoms with Crippen LogP contribution in [0.1, 0.15) is 18.1 Å². The van der Waals surface area contributed by atoms with Gasteiger partial charge in [0.15, 0.2) is 0 Å². The molecule has 88 valence electrons. The van der Waals surface area contributed by atoms with Crippen LogP contribution in [0.2, 0.25) is 0 Å². The van der Waals surface area contributed by atoms with Gasteiger partial charge in [0.1, 0.15) is 5.82 Å². The molecule has 0 heterocycles. The highest BCUT2D eigenvalue weighted by Gasteiger charge is 2.01. The summed E-state index contributed by atoms with van der Waals surface area (Å²) >= 11 is 0. The molecule has 0 atom stereocenters.